The van der Waals surface area contributed by atoms with Gasteiger partial charge in [-0.1, -0.05) is 23.4 Å². The van der Waals surface area contributed by atoms with Crippen molar-refractivity contribution in [1.82, 2.24) is 9.97 Å². The minimum Gasteiger partial charge on any atom is -0.459 e. The van der Waals surface area contributed by atoms with Gasteiger partial charge in [0.1, 0.15) is 21.6 Å². The van der Waals surface area contributed by atoms with Gasteiger partial charge in [0.05, 0.1) is 11.3 Å². The normalized spacial score (nSPS) is 11.2. The fraction of sp³-hybridized carbons (Fsp3) is 0.500. The first-order valence-corrected chi connectivity index (χ1v) is 6.93. The topological polar surface area (TPSA) is 69.2 Å². The minimum atomic E-state index is -0.537. The largest absolute Gasteiger partial charge is 0.459 e. The lowest BCUT2D eigenvalue weighted by atomic mass is 10.2. The Kier molecular flexibility index (Phi) is 5.31. The summed E-state index contributed by atoms with van der Waals surface area (Å²) in [5.41, 5.74) is -0.342. The zero-order valence-corrected chi connectivity index (χ0v) is 12.8. The Morgan fingerprint density at radius 2 is 2.05 bits per heavy atom. The van der Waals surface area contributed by atoms with E-state index < -0.39 is 5.60 Å². The van der Waals surface area contributed by atoms with Gasteiger partial charge < -0.3 is 4.74 Å². The Bertz CT molecular complexity index is 500. The van der Waals surface area contributed by atoms with Gasteiger partial charge in [0.15, 0.2) is 6.29 Å². The smallest absolute Gasteiger partial charge is 0.316 e. The highest BCUT2D eigenvalue weighted by Crippen LogP contribution is 2.24. The molecule has 104 valence electrons. The van der Waals surface area contributed by atoms with Gasteiger partial charge in [0, 0.05) is 0 Å². The second kappa shape index (κ2) is 6.34. The Labute approximate surface area is 121 Å². The van der Waals surface area contributed by atoms with Crippen LogP contribution in [0.15, 0.2) is 5.03 Å². The highest BCUT2D eigenvalue weighted by Gasteiger charge is 2.18. The van der Waals surface area contributed by atoms with Crippen molar-refractivity contribution in [3.63, 3.8) is 0 Å². The number of thioether (sulfide) groups is 1. The maximum absolute atomic E-state index is 11.6. The van der Waals surface area contributed by atoms with Crippen LogP contribution in [0.5, 0.6) is 0 Å². The van der Waals surface area contributed by atoms with Crippen LogP contribution in [0.3, 0.4) is 0 Å². The number of hydrogen-bond acceptors (Lipinski definition) is 6. The van der Waals surface area contributed by atoms with E-state index in [1.165, 1.54) is 0 Å². The van der Waals surface area contributed by atoms with Crippen LogP contribution in [-0.2, 0) is 9.53 Å². The molecule has 0 aliphatic rings. The molecule has 1 heterocycles. The van der Waals surface area contributed by atoms with Gasteiger partial charge in [0.25, 0.3) is 0 Å². The number of aryl methyl sites for hydroxylation is 1. The van der Waals surface area contributed by atoms with Crippen molar-refractivity contribution in [1.29, 1.82) is 0 Å². The van der Waals surface area contributed by atoms with Crippen molar-refractivity contribution >= 4 is 35.6 Å². The average Bonchev–Trinajstić information content (AvgIpc) is 2.23. The summed E-state index contributed by atoms with van der Waals surface area (Å²) in [6, 6.07) is 0. The van der Waals surface area contributed by atoms with Crippen molar-refractivity contribution in [2.24, 2.45) is 0 Å². The molecule has 0 aliphatic heterocycles. The molecule has 0 amide bonds. The van der Waals surface area contributed by atoms with Crippen molar-refractivity contribution in [3.8, 4) is 0 Å². The predicted octanol–water partition coefficient (Wildman–Crippen LogP) is 2.68. The number of carbonyl (C=O) groups is 2. The Balaban J connectivity index is 2.78. The summed E-state index contributed by atoms with van der Waals surface area (Å²) in [6.07, 6.45) is 0.583. The molecule has 0 saturated heterocycles. The van der Waals surface area contributed by atoms with Crippen LogP contribution >= 0.6 is 23.4 Å². The number of rotatable bonds is 4. The molecule has 0 saturated carbocycles. The lowest BCUT2D eigenvalue weighted by Gasteiger charge is -2.19. The second-order valence-electron chi connectivity index (χ2n) is 4.77. The summed E-state index contributed by atoms with van der Waals surface area (Å²) in [4.78, 5) is 30.5. The van der Waals surface area contributed by atoms with Crippen molar-refractivity contribution < 1.29 is 14.3 Å². The van der Waals surface area contributed by atoms with E-state index in [1.54, 1.807) is 27.7 Å². The zero-order valence-electron chi connectivity index (χ0n) is 11.2. The van der Waals surface area contributed by atoms with Crippen molar-refractivity contribution in [2.45, 2.75) is 38.3 Å². The quantitative estimate of drug-likeness (QED) is 0.369. The maximum Gasteiger partial charge on any atom is 0.316 e. The molecule has 1 aromatic rings. The summed E-state index contributed by atoms with van der Waals surface area (Å²) in [7, 11) is 0. The van der Waals surface area contributed by atoms with Crippen molar-refractivity contribution in [2.75, 3.05) is 5.75 Å². The molecule has 0 spiro atoms. The van der Waals surface area contributed by atoms with Gasteiger partial charge in [-0.05, 0) is 27.7 Å². The third-order valence-corrected chi connectivity index (χ3v) is 3.09. The molecule has 0 aromatic carbocycles. The van der Waals surface area contributed by atoms with Crippen LogP contribution < -0.4 is 0 Å². The van der Waals surface area contributed by atoms with Crippen LogP contribution in [0.1, 0.15) is 37.0 Å². The van der Waals surface area contributed by atoms with Crippen LogP contribution in [0.4, 0.5) is 0 Å². The number of aldehydes is 1. The lowest BCUT2D eigenvalue weighted by Crippen LogP contribution is -2.25. The van der Waals surface area contributed by atoms with Crippen LogP contribution in [-0.4, -0.2) is 33.6 Å². The van der Waals surface area contributed by atoms with E-state index in [-0.39, 0.29) is 22.4 Å². The molecule has 0 atom stereocenters. The second-order valence-corrected chi connectivity index (χ2v) is 6.10. The standard InChI is InChI=1S/C12H15ClN2O3S/c1-7-14-10(13)8(5-16)11(15-7)19-6-9(17)18-12(2,3)4/h5H,6H2,1-4H3. The number of nitrogens with zero attached hydrogens (tertiary/aromatic N) is 2. The van der Waals surface area contributed by atoms with Gasteiger partial charge in [-0.3, -0.25) is 9.59 Å². The number of halogens is 1. The first-order valence-electron chi connectivity index (χ1n) is 5.57. The number of carbonyl (C=O) groups excluding carboxylic acids is 2. The number of ether oxygens (including phenoxy) is 1. The number of hydrogen-bond donors (Lipinski definition) is 0. The molecule has 1 aromatic heterocycles. The Hall–Kier alpha value is -1.14. The molecule has 7 heteroatoms. The van der Waals surface area contributed by atoms with Crippen LogP contribution in [0.25, 0.3) is 0 Å². The molecule has 0 unspecified atom stereocenters. The first-order chi connectivity index (χ1) is 8.73. The average molecular weight is 303 g/mol. The van der Waals surface area contributed by atoms with E-state index in [2.05, 4.69) is 9.97 Å². The molecule has 1 rings (SSSR count). The van der Waals surface area contributed by atoms with E-state index in [0.29, 0.717) is 17.1 Å². The highest BCUT2D eigenvalue weighted by atomic mass is 35.5. The molecular formula is C12H15ClN2O3S. The molecule has 19 heavy (non-hydrogen) atoms. The highest BCUT2D eigenvalue weighted by molar-refractivity contribution is 8.00. The van der Waals surface area contributed by atoms with E-state index in [0.717, 1.165) is 11.8 Å². The monoisotopic (exact) mass is 302 g/mol. The Morgan fingerprint density at radius 3 is 2.58 bits per heavy atom. The molecule has 5 nitrogen and oxygen atoms in total. The maximum atomic E-state index is 11.6. The SMILES string of the molecule is Cc1nc(Cl)c(C=O)c(SCC(=O)OC(C)(C)C)n1. The predicted molar refractivity (Wildman–Crippen MR) is 73.7 cm³/mol. The molecule has 0 aliphatic carbocycles. The van der Waals surface area contributed by atoms with E-state index >= 15 is 0 Å². The lowest BCUT2D eigenvalue weighted by molar-refractivity contribution is -0.151. The third kappa shape index (κ3) is 5.16. The fourth-order valence-corrected chi connectivity index (χ4v) is 2.35. The van der Waals surface area contributed by atoms with E-state index in [4.69, 9.17) is 16.3 Å². The van der Waals surface area contributed by atoms with Crippen LogP contribution in [0, 0.1) is 6.92 Å². The van der Waals surface area contributed by atoms with Crippen molar-refractivity contribution in [3.05, 3.63) is 16.5 Å². The van der Waals surface area contributed by atoms with E-state index in [1.807, 2.05) is 0 Å². The van der Waals surface area contributed by atoms with Gasteiger partial charge >= 0.3 is 5.97 Å². The van der Waals surface area contributed by atoms with Gasteiger partial charge in [-0.25, -0.2) is 9.97 Å². The van der Waals surface area contributed by atoms with Crippen LogP contribution in [0.2, 0.25) is 5.15 Å². The fourth-order valence-electron chi connectivity index (χ4n) is 1.23. The molecule has 0 radical (unpaired) electrons. The third-order valence-electron chi connectivity index (χ3n) is 1.84. The van der Waals surface area contributed by atoms with Gasteiger partial charge in [0.2, 0.25) is 0 Å². The van der Waals surface area contributed by atoms with E-state index in [9.17, 15) is 9.59 Å². The minimum absolute atomic E-state index is 0.0604. The number of aromatic nitrogens is 2. The van der Waals surface area contributed by atoms with Gasteiger partial charge in [-0.15, -0.1) is 0 Å². The summed E-state index contributed by atoms with van der Waals surface area (Å²) >= 11 is 6.95. The first kappa shape index (κ1) is 15.9. The molecule has 0 fully saturated rings. The number of esters is 1. The molecule has 0 bridgehead atoms. The summed E-state index contributed by atoms with van der Waals surface area (Å²) in [5, 5.41) is 0.479. The zero-order chi connectivity index (χ0) is 14.6. The summed E-state index contributed by atoms with van der Waals surface area (Å²) in [6.45, 7) is 7.03. The van der Waals surface area contributed by atoms with Gasteiger partial charge in [-0.2, -0.15) is 0 Å². The summed E-state index contributed by atoms with van der Waals surface area (Å²) < 4.78 is 5.17. The molecule has 0 N–H and O–H groups in total. The summed E-state index contributed by atoms with van der Waals surface area (Å²) in [5.74, 6) is 0.134. The molecular weight excluding hydrogens is 288 g/mol. The Morgan fingerprint density at radius 1 is 1.42 bits per heavy atom.